The second kappa shape index (κ2) is 6.76. The summed E-state index contributed by atoms with van der Waals surface area (Å²) in [6.07, 6.45) is 5.76. The van der Waals surface area contributed by atoms with Gasteiger partial charge in [-0.2, -0.15) is 0 Å². The Balaban J connectivity index is 1.61. The molecule has 0 saturated carbocycles. The topological polar surface area (TPSA) is 42.4 Å². The predicted molar refractivity (Wildman–Crippen MR) is 67.5 cm³/mol. The van der Waals surface area contributed by atoms with Crippen molar-refractivity contribution in [2.75, 3.05) is 13.1 Å². The molecule has 0 amide bonds. The van der Waals surface area contributed by atoms with Gasteiger partial charge in [0.2, 0.25) is 0 Å². The van der Waals surface area contributed by atoms with Crippen LogP contribution in [0.1, 0.15) is 11.4 Å². The van der Waals surface area contributed by atoms with E-state index in [-0.39, 0.29) is 0 Å². The number of aromatic nitrogens is 2. The minimum atomic E-state index is 1.03. The van der Waals surface area contributed by atoms with Gasteiger partial charge < -0.3 is 5.32 Å². The van der Waals surface area contributed by atoms with E-state index in [1.165, 1.54) is 11.4 Å². The molecule has 0 aromatic carbocycles. The van der Waals surface area contributed by atoms with Crippen molar-refractivity contribution in [3.63, 3.8) is 0 Å². The molecular formula is C14H18N3+. The monoisotopic (exact) mass is 228 g/mol. The van der Waals surface area contributed by atoms with Crippen molar-refractivity contribution in [2.45, 2.75) is 12.8 Å². The van der Waals surface area contributed by atoms with E-state index in [0.29, 0.717) is 0 Å². The zero-order valence-electron chi connectivity index (χ0n) is 9.92. The molecule has 2 heterocycles. The fourth-order valence-electron chi connectivity index (χ4n) is 1.74. The fraction of sp³-hybridized carbons (Fsp3) is 0.286. The molecule has 0 radical (unpaired) electrons. The lowest BCUT2D eigenvalue weighted by Crippen LogP contribution is -2.85. The van der Waals surface area contributed by atoms with Crippen molar-refractivity contribution in [1.82, 2.24) is 9.97 Å². The Morgan fingerprint density at radius 1 is 0.765 bits per heavy atom. The van der Waals surface area contributed by atoms with Crippen molar-refractivity contribution in [2.24, 2.45) is 0 Å². The summed E-state index contributed by atoms with van der Waals surface area (Å²) in [7, 11) is 0. The summed E-state index contributed by atoms with van der Waals surface area (Å²) in [6.45, 7) is 2.17. The van der Waals surface area contributed by atoms with Crippen molar-refractivity contribution in [3.8, 4) is 0 Å². The van der Waals surface area contributed by atoms with E-state index >= 15 is 0 Å². The Hall–Kier alpha value is -1.74. The number of pyridine rings is 2. The van der Waals surface area contributed by atoms with Gasteiger partial charge in [-0.15, -0.1) is 0 Å². The molecule has 0 unspecified atom stereocenters. The van der Waals surface area contributed by atoms with Crippen molar-refractivity contribution in [1.29, 1.82) is 0 Å². The van der Waals surface area contributed by atoms with Crippen LogP contribution in [0.4, 0.5) is 0 Å². The second-order valence-electron chi connectivity index (χ2n) is 4.01. The maximum absolute atomic E-state index is 4.30. The molecule has 0 bridgehead atoms. The Kier molecular flexibility index (Phi) is 4.67. The van der Waals surface area contributed by atoms with Crippen molar-refractivity contribution in [3.05, 3.63) is 60.2 Å². The number of nitrogens with two attached hydrogens (primary N) is 1. The molecular weight excluding hydrogens is 210 g/mol. The van der Waals surface area contributed by atoms with Crippen molar-refractivity contribution >= 4 is 0 Å². The van der Waals surface area contributed by atoms with Crippen molar-refractivity contribution < 1.29 is 5.32 Å². The highest BCUT2D eigenvalue weighted by molar-refractivity contribution is 5.04. The van der Waals surface area contributed by atoms with E-state index in [1.54, 1.807) is 0 Å². The van der Waals surface area contributed by atoms with Gasteiger partial charge in [-0.1, -0.05) is 12.1 Å². The molecule has 0 aliphatic rings. The molecule has 0 saturated heterocycles. The van der Waals surface area contributed by atoms with Crippen LogP contribution >= 0.6 is 0 Å². The Morgan fingerprint density at radius 2 is 1.29 bits per heavy atom. The Bertz CT molecular complexity index is 372. The molecule has 0 aliphatic heterocycles. The first-order chi connectivity index (χ1) is 8.45. The van der Waals surface area contributed by atoms with Gasteiger partial charge in [-0.25, -0.2) is 0 Å². The molecule has 3 heteroatoms. The highest BCUT2D eigenvalue weighted by atomic mass is 14.9. The summed E-state index contributed by atoms with van der Waals surface area (Å²) in [6, 6.07) is 12.1. The maximum Gasteiger partial charge on any atom is 0.0811 e. The summed E-state index contributed by atoms with van der Waals surface area (Å²) in [5.41, 5.74) is 2.34. The fourth-order valence-corrected chi connectivity index (χ4v) is 1.74. The van der Waals surface area contributed by atoms with Gasteiger partial charge in [-0.05, 0) is 24.3 Å². The average Bonchev–Trinajstić information content (AvgIpc) is 2.41. The van der Waals surface area contributed by atoms with Crippen LogP contribution in [0.3, 0.4) is 0 Å². The van der Waals surface area contributed by atoms with Crippen LogP contribution in [0.5, 0.6) is 0 Å². The second-order valence-corrected chi connectivity index (χ2v) is 4.01. The lowest BCUT2D eigenvalue weighted by molar-refractivity contribution is -0.653. The van der Waals surface area contributed by atoms with E-state index in [9.17, 15) is 0 Å². The molecule has 0 fully saturated rings. The van der Waals surface area contributed by atoms with Crippen LogP contribution in [0.15, 0.2) is 48.8 Å². The third-order valence-corrected chi connectivity index (χ3v) is 2.66. The molecule has 0 spiro atoms. The number of quaternary nitrogens is 1. The number of hydrogen-bond acceptors (Lipinski definition) is 2. The summed E-state index contributed by atoms with van der Waals surface area (Å²) >= 11 is 0. The molecule has 88 valence electrons. The SMILES string of the molecule is c1ccc(CC[NH2+]CCc2ccccn2)nc1. The largest absolute Gasteiger partial charge is 0.346 e. The molecule has 17 heavy (non-hydrogen) atoms. The smallest absolute Gasteiger partial charge is 0.0811 e. The zero-order valence-corrected chi connectivity index (χ0v) is 9.92. The van der Waals surface area contributed by atoms with E-state index in [2.05, 4.69) is 27.4 Å². The van der Waals surface area contributed by atoms with Gasteiger partial charge in [0.15, 0.2) is 0 Å². The van der Waals surface area contributed by atoms with Gasteiger partial charge in [0, 0.05) is 36.6 Å². The minimum Gasteiger partial charge on any atom is -0.346 e. The van der Waals surface area contributed by atoms with E-state index in [4.69, 9.17) is 0 Å². The zero-order chi connectivity index (χ0) is 11.8. The number of rotatable bonds is 6. The summed E-state index contributed by atoms with van der Waals surface area (Å²) < 4.78 is 0. The Morgan fingerprint density at radius 3 is 1.71 bits per heavy atom. The van der Waals surface area contributed by atoms with E-state index < -0.39 is 0 Å². The molecule has 0 atom stereocenters. The van der Waals surface area contributed by atoms with Crippen LogP contribution in [0.2, 0.25) is 0 Å². The van der Waals surface area contributed by atoms with Crippen LogP contribution in [0, 0.1) is 0 Å². The maximum atomic E-state index is 4.30. The van der Waals surface area contributed by atoms with Crippen LogP contribution in [-0.4, -0.2) is 23.1 Å². The molecule has 2 rings (SSSR count). The van der Waals surface area contributed by atoms with E-state index in [1.807, 2.05) is 36.7 Å². The predicted octanol–water partition coefficient (Wildman–Crippen LogP) is 0.825. The lowest BCUT2D eigenvalue weighted by Gasteiger charge is -2.01. The molecule has 3 nitrogen and oxygen atoms in total. The van der Waals surface area contributed by atoms with Crippen LogP contribution in [0.25, 0.3) is 0 Å². The quantitative estimate of drug-likeness (QED) is 0.744. The van der Waals surface area contributed by atoms with Gasteiger partial charge in [0.1, 0.15) is 0 Å². The van der Waals surface area contributed by atoms with Crippen LogP contribution in [-0.2, 0) is 12.8 Å². The lowest BCUT2D eigenvalue weighted by atomic mass is 10.2. The summed E-state index contributed by atoms with van der Waals surface area (Å²) in [5, 5.41) is 2.32. The third-order valence-electron chi connectivity index (χ3n) is 2.66. The van der Waals surface area contributed by atoms with Gasteiger partial charge in [0.25, 0.3) is 0 Å². The molecule has 2 aromatic heterocycles. The van der Waals surface area contributed by atoms with E-state index in [0.717, 1.165) is 25.9 Å². The highest BCUT2D eigenvalue weighted by Gasteiger charge is 1.97. The number of hydrogen-bond donors (Lipinski definition) is 1. The standard InChI is InChI=1S/C14H17N3/c1-3-9-16-13(5-1)7-11-15-12-8-14-6-2-4-10-17-14/h1-6,9-10,15H,7-8,11-12H2/p+1. The first-order valence-corrected chi connectivity index (χ1v) is 6.06. The first kappa shape index (κ1) is 11.7. The number of nitrogens with zero attached hydrogens (tertiary/aromatic N) is 2. The average molecular weight is 228 g/mol. The van der Waals surface area contributed by atoms with Gasteiger partial charge in [-0.3, -0.25) is 9.97 Å². The Labute approximate surface area is 102 Å². The van der Waals surface area contributed by atoms with Gasteiger partial charge in [0.05, 0.1) is 13.1 Å². The first-order valence-electron chi connectivity index (χ1n) is 6.06. The molecule has 2 N–H and O–H groups in total. The highest BCUT2D eigenvalue weighted by Crippen LogP contribution is 1.93. The normalized spacial score (nSPS) is 10.4. The third kappa shape index (κ3) is 4.33. The molecule has 0 aliphatic carbocycles. The van der Waals surface area contributed by atoms with Crippen LogP contribution < -0.4 is 5.32 Å². The summed E-state index contributed by atoms with van der Waals surface area (Å²) in [4.78, 5) is 8.60. The minimum absolute atomic E-state index is 1.03. The summed E-state index contributed by atoms with van der Waals surface area (Å²) in [5.74, 6) is 0. The van der Waals surface area contributed by atoms with Gasteiger partial charge >= 0.3 is 0 Å². The molecule has 2 aromatic rings.